The maximum Gasteiger partial charge on any atom is 0.410 e. The first-order chi connectivity index (χ1) is 25.8. The number of amides is 3. The topological polar surface area (TPSA) is 150 Å². The number of nitrogens with zero attached hydrogens (tertiary/aromatic N) is 2. The highest BCUT2D eigenvalue weighted by Crippen LogP contribution is 2.39. The predicted octanol–water partition coefficient (Wildman–Crippen LogP) is 7.36. The maximum atomic E-state index is 15.0. The van der Waals surface area contributed by atoms with E-state index in [1.54, 1.807) is 25.7 Å². The molecular formula is C41H58F2N4O8. The van der Waals surface area contributed by atoms with Crippen LogP contribution in [0.4, 0.5) is 23.2 Å². The fraction of sp³-hybridized carbons (Fsp3) is 0.610. The highest BCUT2D eigenvalue weighted by atomic mass is 19.1. The number of nitrogens with one attached hydrogen (secondary N) is 1. The van der Waals surface area contributed by atoms with Crippen molar-refractivity contribution in [3.8, 4) is 0 Å². The van der Waals surface area contributed by atoms with Crippen molar-refractivity contribution >= 4 is 24.2 Å². The molecule has 4 aliphatic heterocycles. The fourth-order valence-electron chi connectivity index (χ4n) is 7.35. The second kappa shape index (κ2) is 18.9. The van der Waals surface area contributed by atoms with E-state index in [2.05, 4.69) is 5.32 Å². The first-order valence-corrected chi connectivity index (χ1v) is 19.0. The summed E-state index contributed by atoms with van der Waals surface area (Å²) in [5, 5.41) is 2.63. The van der Waals surface area contributed by atoms with Crippen molar-refractivity contribution in [1.82, 2.24) is 15.1 Å². The molecular weight excluding hydrogens is 714 g/mol. The lowest BCUT2D eigenvalue weighted by Crippen LogP contribution is -2.60. The van der Waals surface area contributed by atoms with Crippen LogP contribution in [-0.4, -0.2) is 93.8 Å². The van der Waals surface area contributed by atoms with Crippen LogP contribution in [0, 0.1) is 0 Å². The van der Waals surface area contributed by atoms with Gasteiger partial charge >= 0.3 is 24.2 Å². The van der Waals surface area contributed by atoms with Crippen molar-refractivity contribution < 1.29 is 46.9 Å². The minimum atomic E-state index is -1.35. The number of halogens is 2. The molecule has 0 radical (unpaired) electrons. The highest BCUT2D eigenvalue weighted by Gasteiger charge is 2.52. The van der Waals surface area contributed by atoms with Crippen LogP contribution in [0.2, 0.25) is 0 Å². The van der Waals surface area contributed by atoms with Gasteiger partial charge in [0.15, 0.2) is 0 Å². The van der Waals surface area contributed by atoms with E-state index in [1.807, 2.05) is 81.4 Å². The third-order valence-electron chi connectivity index (χ3n) is 9.70. The van der Waals surface area contributed by atoms with Crippen molar-refractivity contribution in [2.24, 2.45) is 5.73 Å². The second-order valence-electron chi connectivity index (χ2n) is 16.5. The molecule has 6 rings (SSSR count). The molecule has 4 saturated heterocycles. The van der Waals surface area contributed by atoms with Crippen LogP contribution in [0.5, 0.6) is 0 Å². The highest BCUT2D eigenvalue weighted by molar-refractivity contribution is 5.71. The molecule has 304 valence electrons. The lowest BCUT2D eigenvalue weighted by molar-refractivity contribution is -0.142. The van der Waals surface area contributed by atoms with Crippen molar-refractivity contribution in [2.45, 2.75) is 160 Å². The second-order valence-corrected chi connectivity index (χ2v) is 16.5. The summed E-state index contributed by atoms with van der Waals surface area (Å²) in [5.74, 6) is -0.242. The Morgan fingerprint density at radius 3 is 1.58 bits per heavy atom. The van der Waals surface area contributed by atoms with Crippen LogP contribution in [0.25, 0.3) is 0 Å². The summed E-state index contributed by atoms with van der Waals surface area (Å²) in [6.45, 7) is 12.7. The summed E-state index contributed by atoms with van der Waals surface area (Å²) < 4.78 is 49.6. The van der Waals surface area contributed by atoms with E-state index in [9.17, 15) is 28.0 Å². The van der Waals surface area contributed by atoms with Gasteiger partial charge in [-0.15, -0.1) is 0 Å². The van der Waals surface area contributed by atoms with Crippen LogP contribution in [0.15, 0.2) is 60.7 Å². The molecule has 4 fully saturated rings. The van der Waals surface area contributed by atoms with Gasteiger partial charge in [0.25, 0.3) is 0 Å². The van der Waals surface area contributed by atoms with Crippen LogP contribution in [0.1, 0.15) is 98.1 Å². The number of benzene rings is 2. The Kier molecular flexibility index (Phi) is 14.9. The quantitative estimate of drug-likeness (QED) is 0.235. The maximum absolute atomic E-state index is 15.0. The van der Waals surface area contributed by atoms with Gasteiger partial charge in [-0.2, -0.15) is 0 Å². The number of hydrogen-bond acceptors (Lipinski definition) is 9. The zero-order chi connectivity index (χ0) is 40.5. The minimum absolute atomic E-state index is 0.0526. The lowest BCUT2D eigenvalue weighted by atomic mass is 9.96. The Bertz CT molecular complexity index is 1570. The molecule has 14 heteroatoms. The number of esters is 1. The third-order valence-corrected chi connectivity index (χ3v) is 9.70. The largest absolute Gasteiger partial charge is 0.461 e. The minimum Gasteiger partial charge on any atom is -0.461 e. The molecule has 55 heavy (non-hydrogen) atoms. The van der Waals surface area contributed by atoms with E-state index in [4.69, 9.17) is 24.7 Å². The third kappa shape index (κ3) is 12.8. The van der Waals surface area contributed by atoms with Gasteiger partial charge in [-0.05, 0) is 91.2 Å². The summed E-state index contributed by atoms with van der Waals surface area (Å²) in [4.78, 5) is 50.0. The van der Waals surface area contributed by atoms with Crippen LogP contribution in [-0.2, 0) is 37.0 Å². The molecule has 4 heterocycles. The number of carbonyl (C=O) groups is 4. The van der Waals surface area contributed by atoms with Gasteiger partial charge in [-0.3, -0.25) is 14.6 Å². The Morgan fingerprint density at radius 2 is 1.13 bits per heavy atom. The first kappa shape index (κ1) is 43.3. The van der Waals surface area contributed by atoms with Crippen molar-refractivity contribution in [3.05, 3.63) is 71.8 Å². The summed E-state index contributed by atoms with van der Waals surface area (Å²) >= 11 is 0. The van der Waals surface area contributed by atoms with Gasteiger partial charge in [-0.25, -0.2) is 23.2 Å². The number of alkyl halides is 2. The van der Waals surface area contributed by atoms with E-state index in [0.717, 1.165) is 17.5 Å². The molecule has 0 aromatic heterocycles. The van der Waals surface area contributed by atoms with Gasteiger partial charge in [-0.1, -0.05) is 60.7 Å². The normalized spacial score (nSPS) is 26.7. The average Bonchev–Trinajstić information content (AvgIpc) is 3.65. The molecule has 2 aromatic rings. The molecule has 0 spiro atoms. The van der Waals surface area contributed by atoms with E-state index in [0.29, 0.717) is 38.7 Å². The van der Waals surface area contributed by atoms with Gasteiger partial charge in [0, 0.05) is 25.0 Å². The number of rotatable bonds is 5. The van der Waals surface area contributed by atoms with Crippen LogP contribution >= 0.6 is 0 Å². The molecule has 12 nitrogen and oxygen atoms in total. The number of nitrogens with two attached hydrogens (primary N) is 1. The molecule has 4 bridgehead atoms. The number of ether oxygens (including phenoxy) is 4. The van der Waals surface area contributed by atoms with E-state index in [1.165, 1.54) is 11.8 Å². The Morgan fingerprint density at radius 1 is 0.691 bits per heavy atom. The predicted molar refractivity (Wildman–Crippen MR) is 202 cm³/mol. The molecule has 0 saturated carbocycles. The number of carbonyl (C=O) groups excluding carboxylic acids is 4. The Balaban J connectivity index is 0.000000204. The Hall–Kier alpha value is -4.46. The summed E-state index contributed by atoms with van der Waals surface area (Å²) in [5.41, 5.74) is 6.45. The van der Waals surface area contributed by atoms with Crippen LogP contribution < -0.4 is 11.1 Å². The molecule has 4 aliphatic rings. The SMILES string of the molecule is CC(=O)OCc1ccccc1.CC(C)(C)OC(=O)N1[C@@H]2CC[C@H]1[C@H](F)[C@@H](N)C2.CC(C)(C)OC(=O)N1[C@@H]2CC[C@H]1[C@H](F)[C@@H](NC(=O)OCc1ccccc1)C2. The van der Waals surface area contributed by atoms with Gasteiger partial charge in [0.2, 0.25) is 0 Å². The van der Waals surface area contributed by atoms with E-state index < -0.39 is 66.0 Å². The number of piperidine rings is 2. The zero-order valence-electron chi connectivity index (χ0n) is 33.0. The molecule has 8 atom stereocenters. The molecule has 3 amide bonds. The molecule has 2 aromatic carbocycles. The van der Waals surface area contributed by atoms with E-state index >= 15 is 0 Å². The zero-order valence-corrected chi connectivity index (χ0v) is 33.0. The number of hydrogen-bond donors (Lipinski definition) is 2. The van der Waals surface area contributed by atoms with Crippen molar-refractivity contribution in [2.75, 3.05) is 0 Å². The van der Waals surface area contributed by atoms with Gasteiger partial charge in [0.1, 0.15) is 36.8 Å². The van der Waals surface area contributed by atoms with Gasteiger partial charge in [0.05, 0.1) is 18.1 Å². The van der Waals surface area contributed by atoms with E-state index in [-0.39, 0.29) is 24.7 Å². The first-order valence-electron chi connectivity index (χ1n) is 19.0. The average molecular weight is 773 g/mol. The summed E-state index contributed by atoms with van der Waals surface area (Å²) in [7, 11) is 0. The number of fused-ring (bicyclic) bond motifs is 4. The Labute approximate surface area is 323 Å². The standard InChI is InChI=1S/C20H27FN2O4.C12H21FN2O2.C9H10O2/c1-20(2,3)27-19(25)23-14-9-10-16(23)17(21)15(11-14)22-18(24)26-12-13-7-5-4-6-8-13;1-12(2,3)17-11(16)15-7-4-5-9(15)10(13)8(14)6-7;1-8(10)11-7-9-5-3-2-4-6-9/h4-8,14-17H,9-12H2,1-3H3,(H,22,24);7-10H,4-6,14H2,1-3H3;2-6H,7H2,1H3/t14-,15+,16+,17-;7-,8+,9+,10-;/m11./s1. The monoisotopic (exact) mass is 772 g/mol. The smallest absolute Gasteiger partial charge is 0.410 e. The molecule has 0 unspecified atom stereocenters. The number of alkyl carbamates (subject to hydrolysis) is 1. The summed E-state index contributed by atoms with van der Waals surface area (Å²) in [6.07, 6.45) is -0.296. The molecule has 3 N–H and O–H groups in total. The van der Waals surface area contributed by atoms with Gasteiger partial charge < -0.3 is 30.0 Å². The fourth-order valence-corrected chi connectivity index (χ4v) is 7.35. The van der Waals surface area contributed by atoms with Crippen LogP contribution in [0.3, 0.4) is 0 Å². The lowest BCUT2D eigenvalue weighted by Gasteiger charge is -2.41. The molecule has 0 aliphatic carbocycles. The van der Waals surface area contributed by atoms with Crippen molar-refractivity contribution in [3.63, 3.8) is 0 Å². The van der Waals surface area contributed by atoms with Crippen molar-refractivity contribution in [1.29, 1.82) is 0 Å². The summed E-state index contributed by atoms with van der Waals surface area (Å²) in [6, 6.07) is 16.8.